The average Bonchev–Trinajstić information content (AvgIpc) is 2.30. The molecule has 0 saturated heterocycles. The summed E-state index contributed by atoms with van der Waals surface area (Å²) in [5.41, 5.74) is 0. The number of hydrogen-bond donors (Lipinski definition) is 0. The number of fused-ring (bicyclic) bond motifs is 1. The van der Waals surface area contributed by atoms with Gasteiger partial charge in [-0.25, -0.2) is 0 Å². The Bertz CT molecular complexity index is 146. The minimum Gasteiger partial charge on any atom is -0.0879 e. The molecule has 0 aromatic carbocycles. The highest BCUT2D eigenvalue weighted by molar-refractivity contribution is 5.11. The van der Waals surface area contributed by atoms with Gasteiger partial charge in [0.1, 0.15) is 0 Å². The van der Waals surface area contributed by atoms with Crippen LogP contribution in [0.15, 0.2) is 12.2 Å². The lowest BCUT2D eigenvalue weighted by molar-refractivity contribution is 0.0514. The van der Waals surface area contributed by atoms with Gasteiger partial charge in [0.25, 0.3) is 0 Å². The lowest BCUT2D eigenvalue weighted by Crippen LogP contribution is -2.39. The summed E-state index contributed by atoms with van der Waals surface area (Å²) in [7, 11) is 0. The van der Waals surface area contributed by atoms with Crippen LogP contribution in [0.5, 0.6) is 0 Å². The minimum atomic E-state index is 0.958. The van der Waals surface area contributed by atoms with Crippen molar-refractivity contribution in [2.75, 3.05) is 0 Å². The first-order valence-corrected chi connectivity index (χ1v) is 3.97. The van der Waals surface area contributed by atoms with E-state index in [-0.39, 0.29) is 0 Å². The van der Waals surface area contributed by atoms with Crippen molar-refractivity contribution >= 4 is 0 Å². The van der Waals surface area contributed by atoms with Crippen LogP contribution in [0.3, 0.4) is 0 Å². The van der Waals surface area contributed by atoms with Crippen molar-refractivity contribution in [1.29, 1.82) is 0 Å². The molecule has 0 radical (unpaired) electrons. The Morgan fingerprint density at radius 1 is 1.22 bits per heavy atom. The van der Waals surface area contributed by atoms with Crippen LogP contribution in [0.1, 0.15) is 20.3 Å². The normalized spacial score (nSPS) is 54.9. The highest BCUT2D eigenvalue weighted by atomic mass is 14.5. The standard InChI is InChI=1S/C9H14/c1-6-7(2)9-5-3-4-8(6)9/h3-4,6-9H,5H2,1-2H3/t6-,7+,8-,9+/m1/s1. The summed E-state index contributed by atoms with van der Waals surface area (Å²) >= 11 is 0. The summed E-state index contributed by atoms with van der Waals surface area (Å²) in [5.74, 6) is 3.94. The molecule has 0 N–H and O–H groups in total. The lowest BCUT2D eigenvalue weighted by Gasteiger charge is -2.45. The molecule has 9 heavy (non-hydrogen) atoms. The van der Waals surface area contributed by atoms with Crippen molar-refractivity contribution in [3.63, 3.8) is 0 Å². The second-order valence-corrected chi connectivity index (χ2v) is 3.62. The predicted molar refractivity (Wildman–Crippen MR) is 39.1 cm³/mol. The molecule has 2 aliphatic carbocycles. The monoisotopic (exact) mass is 122 g/mol. The van der Waals surface area contributed by atoms with Crippen LogP contribution >= 0.6 is 0 Å². The fourth-order valence-corrected chi connectivity index (χ4v) is 2.42. The van der Waals surface area contributed by atoms with Gasteiger partial charge in [-0.15, -0.1) is 0 Å². The Kier molecular flexibility index (Phi) is 0.992. The van der Waals surface area contributed by atoms with Crippen LogP contribution in [0.4, 0.5) is 0 Å². The van der Waals surface area contributed by atoms with E-state index in [1.54, 1.807) is 0 Å². The van der Waals surface area contributed by atoms with Gasteiger partial charge in [0.2, 0.25) is 0 Å². The zero-order valence-electron chi connectivity index (χ0n) is 6.17. The molecule has 4 atom stereocenters. The molecule has 1 fully saturated rings. The van der Waals surface area contributed by atoms with Gasteiger partial charge in [-0.05, 0) is 30.1 Å². The van der Waals surface area contributed by atoms with Gasteiger partial charge in [0, 0.05) is 0 Å². The Hall–Kier alpha value is -0.260. The minimum absolute atomic E-state index is 0.958. The van der Waals surface area contributed by atoms with E-state index in [0.29, 0.717) is 0 Å². The highest BCUT2D eigenvalue weighted by Crippen LogP contribution is 2.51. The zero-order chi connectivity index (χ0) is 6.43. The van der Waals surface area contributed by atoms with Crippen LogP contribution in [-0.2, 0) is 0 Å². The lowest BCUT2D eigenvalue weighted by atomic mass is 9.60. The summed E-state index contributed by atoms with van der Waals surface area (Å²) in [5, 5.41) is 0. The maximum atomic E-state index is 2.41. The third kappa shape index (κ3) is 0.540. The number of hydrogen-bond acceptors (Lipinski definition) is 0. The first-order valence-electron chi connectivity index (χ1n) is 3.97. The van der Waals surface area contributed by atoms with Crippen molar-refractivity contribution in [2.45, 2.75) is 20.3 Å². The number of allylic oxidation sites excluding steroid dienone is 2. The fourth-order valence-electron chi connectivity index (χ4n) is 2.42. The van der Waals surface area contributed by atoms with Crippen molar-refractivity contribution in [2.24, 2.45) is 23.7 Å². The smallest absolute Gasteiger partial charge is 0.0171 e. The Morgan fingerprint density at radius 3 is 2.67 bits per heavy atom. The molecule has 1 saturated carbocycles. The summed E-state index contributed by atoms with van der Waals surface area (Å²) < 4.78 is 0. The second kappa shape index (κ2) is 1.62. The Labute approximate surface area is 57.0 Å². The SMILES string of the molecule is C[C@@H]1[C@H](C)[C@@H]2CC=C[C@H]12. The van der Waals surface area contributed by atoms with Crippen molar-refractivity contribution in [3.05, 3.63) is 12.2 Å². The summed E-state index contributed by atoms with van der Waals surface area (Å²) in [6, 6.07) is 0. The van der Waals surface area contributed by atoms with E-state index in [1.165, 1.54) is 6.42 Å². The molecule has 2 aliphatic rings. The molecule has 0 bridgehead atoms. The fraction of sp³-hybridized carbons (Fsp3) is 0.778. The molecule has 0 spiro atoms. The van der Waals surface area contributed by atoms with Crippen LogP contribution in [0, 0.1) is 23.7 Å². The topological polar surface area (TPSA) is 0 Å². The first kappa shape index (κ1) is 5.52. The maximum Gasteiger partial charge on any atom is -0.0171 e. The van der Waals surface area contributed by atoms with E-state index in [1.807, 2.05) is 0 Å². The third-order valence-electron chi connectivity index (χ3n) is 3.37. The first-order chi connectivity index (χ1) is 4.30. The molecule has 0 heteroatoms. The molecular weight excluding hydrogens is 108 g/mol. The van der Waals surface area contributed by atoms with Gasteiger partial charge >= 0.3 is 0 Å². The third-order valence-corrected chi connectivity index (χ3v) is 3.37. The molecule has 0 unspecified atom stereocenters. The quantitative estimate of drug-likeness (QED) is 0.433. The Morgan fingerprint density at radius 2 is 2.00 bits per heavy atom. The molecule has 0 aliphatic heterocycles. The van der Waals surface area contributed by atoms with E-state index in [9.17, 15) is 0 Å². The van der Waals surface area contributed by atoms with Crippen LogP contribution < -0.4 is 0 Å². The van der Waals surface area contributed by atoms with E-state index in [2.05, 4.69) is 26.0 Å². The largest absolute Gasteiger partial charge is 0.0879 e. The van der Waals surface area contributed by atoms with Gasteiger partial charge in [0.15, 0.2) is 0 Å². The molecule has 2 rings (SSSR count). The maximum absolute atomic E-state index is 2.41. The van der Waals surface area contributed by atoms with Crippen molar-refractivity contribution in [3.8, 4) is 0 Å². The molecule has 50 valence electrons. The second-order valence-electron chi connectivity index (χ2n) is 3.62. The van der Waals surface area contributed by atoms with Gasteiger partial charge in [-0.3, -0.25) is 0 Å². The number of rotatable bonds is 0. The molecule has 0 nitrogen and oxygen atoms in total. The molecular formula is C9H14. The zero-order valence-corrected chi connectivity index (χ0v) is 6.17. The van der Waals surface area contributed by atoms with Gasteiger partial charge in [-0.2, -0.15) is 0 Å². The van der Waals surface area contributed by atoms with Gasteiger partial charge in [0.05, 0.1) is 0 Å². The van der Waals surface area contributed by atoms with Gasteiger partial charge < -0.3 is 0 Å². The van der Waals surface area contributed by atoms with E-state index in [4.69, 9.17) is 0 Å². The van der Waals surface area contributed by atoms with Crippen LogP contribution in [0.2, 0.25) is 0 Å². The van der Waals surface area contributed by atoms with Crippen molar-refractivity contribution in [1.82, 2.24) is 0 Å². The average molecular weight is 122 g/mol. The summed E-state index contributed by atoms with van der Waals surface area (Å²) in [6.07, 6.45) is 6.13. The highest BCUT2D eigenvalue weighted by Gasteiger charge is 2.44. The van der Waals surface area contributed by atoms with Crippen molar-refractivity contribution < 1.29 is 0 Å². The molecule has 0 aromatic rings. The molecule has 0 amide bonds. The van der Waals surface area contributed by atoms with Crippen LogP contribution in [0.25, 0.3) is 0 Å². The van der Waals surface area contributed by atoms with E-state index in [0.717, 1.165) is 23.7 Å². The predicted octanol–water partition coefficient (Wildman–Crippen LogP) is 2.46. The summed E-state index contributed by atoms with van der Waals surface area (Å²) in [6.45, 7) is 4.76. The molecule has 0 heterocycles. The Balaban J connectivity index is 2.12. The molecule has 0 aromatic heterocycles. The summed E-state index contributed by atoms with van der Waals surface area (Å²) in [4.78, 5) is 0. The van der Waals surface area contributed by atoms with E-state index >= 15 is 0 Å². The van der Waals surface area contributed by atoms with Crippen LogP contribution in [-0.4, -0.2) is 0 Å². The van der Waals surface area contributed by atoms with E-state index < -0.39 is 0 Å². The van der Waals surface area contributed by atoms with Gasteiger partial charge in [-0.1, -0.05) is 26.0 Å².